The summed E-state index contributed by atoms with van der Waals surface area (Å²) in [5, 5.41) is 0. The summed E-state index contributed by atoms with van der Waals surface area (Å²) in [4.78, 5) is 0. The van der Waals surface area contributed by atoms with Gasteiger partial charge in [0, 0.05) is 0 Å². The van der Waals surface area contributed by atoms with Gasteiger partial charge in [-0.25, -0.2) is 0 Å². The first-order chi connectivity index (χ1) is 9.69. The molecular formula is C17H27NO2. The van der Waals surface area contributed by atoms with Crippen LogP contribution < -0.4 is 15.2 Å². The lowest BCUT2D eigenvalue weighted by Crippen LogP contribution is -2.25. The van der Waals surface area contributed by atoms with E-state index >= 15 is 0 Å². The maximum absolute atomic E-state index is 6.06. The van der Waals surface area contributed by atoms with Gasteiger partial charge in [0.25, 0.3) is 0 Å². The van der Waals surface area contributed by atoms with E-state index in [0.29, 0.717) is 18.4 Å². The molecule has 1 aliphatic rings. The molecule has 3 nitrogen and oxygen atoms in total. The summed E-state index contributed by atoms with van der Waals surface area (Å²) in [7, 11) is 3.35. The molecule has 1 aromatic rings. The minimum Gasteiger partial charge on any atom is -0.493 e. The van der Waals surface area contributed by atoms with Crippen molar-refractivity contribution >= 4 is 0 Å². The Labute approximate surface area is 122 Å². The molecule has 112 valence electrons. The van der Waals surface area contributed by atoms with E-state index in [0.717, 1.165) is 17.4 Å². The third kappa shape index (κ3) is 3.26. The second-order valence-electron chi connectivity index (χ2n) is 5.98. The number of rotatable bonds is 5. The quantitative estimate of drug-likeness (QED) is 0.894. The SMILES string of the molecule is COc1ccc(C(CN)C2CCC(C)CC2)cc1OC. The van der Waals surface area contributed by atoms with Crippen LogP contribution in [0.5, 0.6) is 11.5 Å². The smallest absolute Gasteiger partial charge is 0.160 e. The van der Waals surface area contributed by atoms with Crippen LogP contribution in [0.2, 0.25) is 0 Å². The van der Waals surface area contributed by atoms with E-state index in [1.54, 1.807) is 14.2 Å². The average Bonchev–Trinajstić information content (AvgIpc) is 2.49. The first-order valence-corrected chi connectivity index (χ1v) is 7.61. The molecule has 0 amide bonds. The highest BCUT2D eigenvalue weighted by Gasteiger charge is 2.27. The summed E-state index contributed by atoms with van der Waals surface area (Å²) in [6.07, 6.45) is 5.23. The molecule has 0 spiro atoms. The second kappa shape index (κ2) is 6.98. The molecule has 1 unspecified atom stereocenters. The zero-order valence-electron chi connectivity index (χ0n) is 12.9. The van der Waals surface area contributed by atoms with Crippen LogP contribution in [-0.4, -0.2) is 20.8 Å². The Morgan fingerprint density at radius 1 is 1.10 bits per heavy atom. The second-order valence-corrected chi connectivity index (χ2v) is 5.98. The topological polar surface area (TPSA) is 44.5 Å². The van der Waals surface area contributed by atoms with Crippen molar-refractivity contribution in [3.63, 3.8) is 0 Å². The molecule has 0 aromatic heterocycles. The van der Waals surface area contributed by atoms with Crippen molar-refractivity contribution in [3.05, 3.63) is 23.8 Å². The lowest BCUT2D eigenvalue weighted by molar-refractivity contribution is 0.255. The van der Waals surface area contributed by atoms with Crippen LogP contribution in [-0.2, 0) is 0 Å². The van der Waals surface area contributed by atoms with Gasteiger partial charge >= 0.3 is 0 Å². The van der Waals surface area contributed by atoms with E-state index in [-0.39, 0.29) is 0 Å². The summed E-state index contributed by atoms with van der Waals surface area (Å²) in [6, 6.07) is 6.22. The van der Waals surface area contributed by atoms with Gasteiger partial charge in [-0.3, -0.25) is 0 Å². The predicted octanol–water partition coefficient (Wildman–Crippen LogP) is 3.57. The Morgan fingerprint density at radius 3 is 2.30 bits per heavy atom. The van der Waals surface area contributed by atoms with Crippen molar-refractivity contribution in [2.75, 3.05) is 20.8 Å². The molecule has 1 aromatic carbocycles. The fraction of sp³-hybridized carbons (Fsp3) is 0.647. The molecule has 2 rings (SSSR count). The number of hydrogen-bond acceptors (Lipinski definition) is 3. The molecule has 0 aliphatic heterocycles. The first kappa shape index (κ1) is 15.2. The lowest BCUT2D eigenvalue weighted by Gasteiger charge is -2.32. The fourth-order valence-electron chi connectivity index (χ4n) is 3.37. The average molecular weight is 277 g/mol. The maximum Gasteiger partial charge on any atom is 0.160 e. The molecule has 3 heteroatoms. The Kier molecular flexibility index (Phi) is 5.30. The van der Waals surface area contributed by atoms with Gasteiger partial charge in [-0.2, -0.15) is 0 Å². The van der Waals surface area contributed by atoms with Crippen LogP contribution in [0.1, 0.15) is 44.1 Å². The van der Waals surface area contributed by atoms with E-state index in [1.807, 2.05) is 6.07 Å². The van der Waals surface area contributed by atoms with Crippen molar-refractivity contribution in [2.45, 2.75) is 38.5 Å². The maximum atomic E-state index is 6.06. The van der Waals surface area contributed by atoms with Crippen LogP contribution in [0, 0.1) is 11.8 Å². The largest absolute Gasteiger partial charge is 0.493 e. The van der Waals surface area contributed by atoms with Gasteiger partial charge in [0.15, 0.2) is 11.5 Å². The van der Waals surface area contributed by atoms with Gasteiger partial charge in [-0.1, -0.05) is 25.8 Å². The fourth-order valence-corrected chi connectivity index (χ4v) is 3.37. The molecule has 0 saturated heterocycles. The summed E-state index contributed by atoms with van der Waals surface area (Å²) in [5.41, 5.74) is 7.34. The van der Waals surface area contributed by atoms with Crippen LogP contribution in [0.3, 0.4) is 0 Å². The van der Waals surface area contributed by atoms with E-state index in [1.165, 1.54) is 31.2 Å². The van der Waals surface area contributed by atoms with E-state index in [4.69, 9.17) is 15.2 Å². The van der Waals surface area contributed by atoms with Gasteiger partial charge in [0.1, 0.15) is 0 Å². The van der Waals surface area contributed by atoms with Crippen molar-refractivity contribution in [2.24, 2.45) is 17.6 Å². The Morgan fingerprint density at radius 2 is 1.75 bits per heavy atom. The number of methoxy groups -OCH3 is 2. The Bertz CT molecular complexity index is 425. The number of ether oxygens (including phenoxy) is 2. The minimum absolute atomic E-state index is 0.433. The number of hydrogen-bond donors (Lipinski definition) is 1. The molecule has 1 atom stereocenters. The Balaban J connectivity index is 2.18. The third-order valence-electron chi connectivity index (χ3n) is 4.72. The highest BCUT2D eigenvalue weighted by atomic mass is 16.5. The molecular weight excluding hydrogens is 250 g/mol. The van der Waals surface area contributed by atoms with Gasteiger partial charge < -0.3 is 15.2 Å². The predicted molar refractivity (Wildman–Crippen MR) is 82.5 cm³/mol. The van der Waals surface area contributed by atoms with Crippen LogP contribution >= 0.6 is 0 Å². The van der Waals surface area contributed by atoms with Crippen molar-refractivity contribution in [3.8, 4) is 11.5 Å². The van der Waals surface area contributed by atoms with Crippen LogP contribution in [0.25, 0.3) is 0 Å². The molecule has 1 aliphatic carbocycles. The summed E-state index contributed by atoms with van der Waals surface area (Å²) in [6.45, 7) is 3.05. The molecule has 0 radical (unpaired) electrons. The molecule has 0 heterocycles. The van der Waals surface area contributed by atoms with Crippen molar-refractivity contribution in [1.82, 2.24) is 0 Å². The monoisotopic (exact) mass is 277 g/mol. The zero-order chi connectivity index (χ0) is 14.5. The van der Waals surface area contributed by atoms with Gasteiger partial charge in [0.05, 0.1) is 14.2 Å². The molecule has 20 heavy (non-hydrogen) atoms. The van der Waals surface area contributed by atoms with Crippen molar-refractivity contribution in [1.29, 1.82) is 0 Å². The Hall–Kier alpha value is -1.22. The van der Waals surface area contributed by atoms with Crippen molar-refractivity contribution < 1.29 is 9.47 Å². The van der Waals surface area contributed by atoms with Crippen LogP contribution in [0.4, 0.5) is 0 Å². The van der Waals surface area contributed by atoms with E-state index in [2.05, 4.69) is 19.1 Å². The van der Waals surface area contributed by atoms with Crippen LogP contribution in [0.15, 0.2) is 18.2 Å². The lowest BCUT2D eigenvalue weighted by atomic mass is 9.74. The zero-order valence-corrected chi connectivity index (χ0v) is 12.9. The van der Waals surface area contributed by atoms with E-state index < -0.39 is 0 Å². The molecule has 1 saturated carbocycles. The normalized spacial score (nSPS) is 24.2. The van der Waals surface area contributed by atoms with Gasteiger partial charge in [-0.15, -0.1) is 0 Å². The van der Waals surface area contributed by atoms with E-state index in [9.17, 15) is 0 Å². The first-order valence-electron chi connectivity index (χ1n) is 7.61. The summed E-state index contributed by atoms with van der Waals surface area (Å²) < 4.78 is 10.7. The van der Waals surface area contributed by atoms with Gasteiger partial charge in [-0.05, 0) is 54.8 Å². The minimum atomic E-state index is 0.433. The molecule has 1 fully saturated rings. The number of nitrogens with two attached hydrogens (primary N) is 1. The van der Waals surface area contributed by atoms with Gasteiger partial charge in [0.2, 0.25) is 0 Å². The number of benzene rings is 1. The summed E-state index contributed by atoms with van der Waals surface area (Å²) in [5.74, 6) is 3.59. The standard InChI is InChI=1S/C17H27NO2/c1-12-4-6-13(7-5-12)15(11-18)14-8-9-16(19-2)17(10-14)20-3/h8-10,12-13,15H,4-7,11,18H2,1-3H3. The molecule has 2 N–H and O–H groups in total. The summed E-state index contributed by atoms with van der Waals surface area (Å²) >= 11 is 0. The molecule has 0 bridgehead atoms. The third-order valence-corrected chi connectivity index (χ3v) is 4.72. The highest BCUT2D eigenvalue weighted by Crippen LogP contribution is 2.39. The highest BCUT2D eigenvalue weighted by molar-refractivity contribution is 5.44.